The predicted octanol–water partition coefficient (Wildman–Crippen LogP) is 0.449. The van der Waals surface area contributed by atoms with Crippen LogP contribution in [0.2, 0.25) is 0 Å². The third-order valence-electron chi connectivity index (χ3n) is 3.93. The number of anilines is 2. The Kier molecular flexibility index (Phi) is 4.63. The van der Waals surface area contributed by atoms with Gasteiger partial charge in [0.15, 0.2) is 11.6 Å². The van der Waals surface area contributed by atoms with Crippen LogP contribution in [0.15, 0.2) is 41.6 Å². The molecule has 0 spiro atoms. The van der Waals surface area contributed by atoms with E-state index in [1.54, 1.807) is 18.3 Å². The van der Waals surface area contributed by atoms with Crippen LogP contribution >= 0.6 is 0 Å². The molecule has 9 heteroatoms. The molecule has 24 heavy (non-hydrogen) atoms. The molecule has 0 radical (unpaired) electrons. The molecule has 0 aromatic carbocycles. The topological polar surface area (TPSA) is 82.5 Å². The van der Waals surface area contributed by atoms with E-state index < -0.39 is 10.0 Å². The second-order valence-electron chi connectivity index (χ2n) is 5.72. The van der Waals surface area contributed by atoms with Crippen molar-refractivity contribution >= 4 is 21.7 Å². The van der Waals surface area contributed by atoms with E-state index in [0.29, 0.717) is 26.2 Å². The molecule has 8 nitrogen and oxygen atoms in total. The van der Waals surface area contributed by atoms with Gasteiger partial charge in [0.05, 0.1) is 0 Å². The van der Waals surface area contributed by atoms with Crippen molar-refractivity contribution in [3.8, 4) is 0 Å². The molecule has 0 N–H and O–H groups in total. The molecule has 1 fully saturated rings. The number of rotatable bonds is 4. The molecule has 0 amide bonds. The summed E-state index contributed by atoms with van der Waals surface area (Å²) in [4.78, 5) is 8.05. The highest BCUT2D eigenvalue weighted by atomic mass is 32.2. The fourth-order valence-electron chi connectivity index (χ4n) is 2.53. The first-order valence-corrected chi connectivity index (χ1v) is 9.08. The van der Waals surface area contributed by atoms with E-state index in [0.717, 1.165) is 11.6 Å². The largest absolute Gasteiger partial charge is 0.361 e. The van der Waals surface area contributed by atoms with Gasteiger partial charge in [-0.25, -0.2) is 8.42 Å². The normalized spacial score (nSPS) is 16.2. The second-order valence-corrected chi connectivity index (χ2v) is 7.66. The van der Waals surface area contributed by atoms with Gasteiger partial charge in [0.1, 0.15) is 4.90 Å². The van der Waals surface area contributed by atoms with Crippen molar-refractivity contribution in [3.63, 3.8) is 0 Å². The summed E-state index contributed by atoms with van der Waals surface area (Å²) in [6.45, 7) is 1.98. The summed E-state index contributed by atoms with van der Waals surface area (Å²) in [5.41, 5.74) is 0. The summed E-state index contributed by atoms with van der Waals surface area (Å²) in [5.74, 6) is 1.55. The van der Waals surface area contributed by atoms with Crippen molar-refractivity contribution in [2.24, 2.45) is 0 Å². The molecule has 0 aliphatic carbocycles. The molecule has 128 valence electrons. The lowest BCUT2D eigenvalue weighted by atomic mass is 10.3. The van der Waals surface area contributed by atoms with Crippen molar-refractivity contribution in [1.82, 2.24) is 19.5 Å². The summed E-state index contributed by atoms with van der Waals surface area (Å²) in [6.07, 6.45) is 2.94. The van der Waals surface area contributed by atoms with E-state index in [1.165, 1.54) is 10.5 Å². The van der Waals surface area contributed by atoms with Crippen molar-refractivity contribution < 1.29 is 8.42 Å². The Labute approximate surface area is 141 Å². The average molecular weight is 348 g/mol. The van der Waals surface area contributed by atoms with E-state index in [-0.39, 0.29) is 4.90 Å². The standard InChI is InChI=1S/C15H20N6O2S/c1-19(2)14-5-6-15(18-17-14)20-8-10-21(11-9-20)24(22,23)13-4-3-7-16-12-13/h3-7,12H,8-11H2,1-2H3. The third kappa shape index (κ3) is 3.31. The number of hydrogen-bond donors (Lipinski definition) is 0. The molecule has 0 unspecified atom stereocenters. The highest BCUT2D eigenvalue weighted by Gasteiger charge is 2.29. The summed E-state index contributed by atoms with van der Waals surface area (Å²) in [5, 5.41) is 8.39. The smallest absolute Gasteiger partial charge is 0.244 e. The molecule has 0 bridgehead atoms. The van der Waals surface area contributed by atoms with Crippen LogP contribution in [0.4, 0.5) is 11.6 Å². The first kappa shape index (κ1) is 16.6. The Hall–Kier alpha value is -2.26. The molecule has 0 atom stereocenters. The summed E-state index contributed by atoms with van der Waals surface area (Å²) in [7, 11) is 0.333. The zero-order valence-corrected chi connectivity index (χ0v) is 14.5. The van der Waals surface area contributed by atoms with Crippen molar-refractivity contribution in [3.05, 3.63) is 36.7 Å². The van der Waals surface area contributed by atoms with Crippen LogP contribution < -0.4 is 9.80 Å². The Morgan fingerprint density at radius 2 is 1.79 bits per heavy atom. The molecule has 0 saturated carbocycles. The molecular formula is C15H20N6O2S. The van der Waals surface area contributed by atoms with E-state index >= 15 is 0 Å². The van der Waals surface area contributed by atoms with Crippen molar-refractivity contribution in [2.75, 3.05) is 50.1 Å². The van der Waals surface area contributed by atoms with Gasteiger partial charge >= 0.3 is 0 Å². The fourth-order valence-corrected chi connectivity index (χ4v) is 3.92. The van der Waals surface area contributed by atoms with Crippen LogP contribution in [0.5, 0.6) is 0 Å². The Bertz CT molecular complexity index is 771. The van der Waals surface area contributed by atoms with E-state index in [1.807, 2.05) is 36.0 Å². The molecule has 2 aromatic rings. The lowest BCUT2D eigenvalue weighted by Crippen LogP contribution is -2.49. The van der Waals surface area contributed by atoms with E-state index in [9.17, 15) is 8.42 Å². The van der Waals surface area contributed by atoms with Gasteiger partial charge in [-0.3, -0.25) is 4.98 Å². The first-order chi connectivity index (χ1) is 11.5. The fraction of sp³-hybridized carbons (Fsp3) is 0.400. The lowest BCUT2D eigenvalue weighted by Gasteiger charge is -2.34. The van der Waals surface area contributed by atoms with E-state index in [4.69, 9.17) is 0 Å². The molecule has 3 rings (SSSR count). The maximum Gasteiger partial charge on any atom is 0.244 e. The highest BCUT2D eigenvalue weighted by molar-refractivity contribution is 7.89. The number of sulfonamides is 1. The van der Waals surface area contributed by atoms with E-state index in [2.05, 4.69) is 15.2 Å². The van der Waals surface area contributed by atoms with Gasteiger partial charge < -0.3 is 9.80 Å². The molecule has 1 aliphatic rings. The second kappa shape index (κ2) is 6.70. The van der Waals surface area contributed by atoms with Gasteiger partial charge in [0.2, 0.25) is 10.0 Å². The summed E-state index contributed by atoms with van der Waals surface area (Å²) < 4.78 is 26.7. The SMILES string of the molecule is CN(C)c1ccc(N2CCN(S(=O)(=O)c3cccnc3)CC2)nn1. The van der Waals surface area contributed by atoms with Crippen molar-refractivity contribution in [2.45, 2.75) is 4.90 Å². The van der Waals surface area contributed by atoms with Crippen molar-refractivity contribution in [1.29, 1.82) is 0 Å². The molecule has 3 heterocycles. The number of nitrogens with zero attached hydrogens (tertiary/aromatic N) is 6. The van der Waals surface area contributed by atoms with Crippen LogP contribution in [-0.2, 0) is 10.0 Å². The summed E-state index contributed by atoms with van der Waals surface area (Å²) >= 11 is 0. The van der Waals surface area contributed by atoms with Gasteiger partial charge in [-0.2, -0.15) is 4.31 Å². The van der Waals surface area contributed by atoms with Gasteiger partial charge in [-0.05, 0) is 24.3 Å². The molecule has 1 aliphatic heterocycles. The van der Waals surface area contributed by atoms with Crippen LogP contribution in [0.25, 0.3) is 0 Å². The molecule has 1 saturated heterocycles. The zero-order chi connectivity index (χ0) is 17.2. The minimum Gasteiger partial charge on any atom is -0.361 e. The monoisotopic (exact) mass is 348 g/mol. The zero-order valence-electron chi connectivity index (χ0n) is 13.7. The Morgan fingerprint density at radius 1 is 1.04 bits per heavy atom. The van der Waals surface area contributed by atoms with Gasteiger partial charge in [-0.15, -0.1) is 10.2 Å². The lowest BCUT2D eigenvalue weighted by molar-refractivity contribution is 0.383. The Morgan fingerprint density at radius 3 is 2.33 bits per heavy atom. The van der Waals surface area contributed by atoms with Gasteiger partial charge in [-0.1, -0.05) is 0 Å². The quantitative estimate of drug-likeness (QED) is 0.793. The molecule has 2 aromatic heterocycles. The highest BCUT2D eigenvalue weighted by Crippen LogP contribution is 2.19. The maximum atomic E-state index is 12.6. The van der Waals surface area contributed by atoms with Crippen LogP contribution in [0.1, 0.15) is 0 Å². The third-order valence-corrected chi connectivity index (χ3v) is 5.81. The first-order valence-electron chi connectivity index (χ1n) is 7.64. The minimum atomic E-state index is -3.48. The van der Waals surface area contributed by atoms with Crippen LogP contribution in [0, 0.1) is 0 Å². The summed E-state index contributed by atoms with van der Waals surface area (Å²) in [6, 6.07) is 7.01. The number of aromatic nitrogens is 3. The maximum absolute atomic E-state index is 12.6. The Balaban J connectivity index is 1.67. The van der Waals surface area contributed by atoms with Crippen LogP contribution in [-0.4, -0.2) is 68.2 Å². The predicted molar refractivity (Wildman–Crippen MR) is 91.6 cm³/mol. The molecular weight excluding hydrogens is 328 g/mol. The van der Waals surface area contributed by atoms with Gasteiger partial charge in [0, 0.05) is 52.7 Å². The van der Waals surface area contributed by atoms with Crippen LogP contribution in [0.3, 0.4) is 0 Å². The minimum absolute atomic E-state index is 0.230. The van der Waals surface area contributed by atoms with Gasteiger partial charge in [0.25, 0.3) is 0 Å². The number of hydrogen-bond acceptors (Lipinski definition) is 7. The number of pyridine rings is 1. The number of piperazine rings is 1. The average Bonchev–Trinajstić information content (AvgIpc) is 2.62.